The van der Waals surface area contributed by atoms with Crippen LogP contribution in [0.5, 0.6) is 0 Å². The van der Waals surface area contributed by atoms with Crippen molar-refractivity contribution < 1.29 is 9.53 Å². The largest absolute Gasteiger partial charge is 0.466 e. The molecular weight excluding hydrogens is 261 g/mol. The fourth-order valence-electron chi connectivity index (χ4n) is 1.37. The van der Waals surface area contributed by atoms with E-state index in [-0.39, 0.29) is 12.4 Å². The second kappa shape index (κ2) is 6.84. The summed E-state index contributed by atoms with van der Waals surface area (Å²) < 4.78 is 4.96. The number of ether oxygens (including phenoxy) is 1. The van der Waals surface area contributed by atoms with Crippen LogP contribution in [-0.4, -0.2) is 12.6 Å². The van der Waals surface area contributed by atoms with E-state index in [9.17, 15) is 4.79 Å². The van der Waals surface area contributed by atoms with Crippen LogP contribution >= 0.6 is 23.2 Å². The minimum atomic E-state index is -0.468. The second-order valence-corrected chi connectivity index (χ2v) is 4.54. The number of carbonyl (C=O) groups is 1. The van der Waals surface area contributed by atoms with Crippen molar-refractivity contribution in [2.75, 3.05) is 6.61 Å². The number of hydrogen-bond acceptors (Lipinski definition) is 3. The molecule has 0 spiro atoms. The van der Waals surface area contributed by atoms with E-state index in [1.54, 1.807) is 18.2 Å². The van der Waals surface area contributed by atoms with Gasteiger partial charge in [-0.3, -0.25) is 4.79 Å². The Bertz CT molecular complexity index is 396. The molecule has 2 N–H and O–H groups in total. The summed E-state index contributed by atoms with van der Waals surface area (Å²) in [6.45, 7) is 2.35. The molecule has 0 aliphatic rings. The van der Waals surface area contributed by atoms with Gasteiger partial charge in [0, 0.05) is 16.1 Å². The van der Waals surface area contributed by atoms with E-state index in [1.807, 2.05) is 6.92 Å². The Labute approximate surface area is 111 Å². The van der Waals surface area contributed by atoms with E-state index in [0.29, 0.717) is 22.2 Å². The summed E-state index contributed by atoms with van der Waals surface area (Å²) in [6.07, 6.45) is 0.907. The Morgan fingerprint density at radius 1 is 1.47 bits per heavy atom. The molecule has 0 fully saturated rings. The van der Waals surface area contributed by atoms with E-state index in [0.717, 1.165) is 6.42 Å². The lowest BCUT2D eigenvalue weighted by Crippen LogP contribution is -2.17. The zero-order valence-electron chi connectivity index (χ0n) is 9.58. The highest BCUT2D eigenvalue weighted by Crippen LogP contribution is 2.26. The smallest absolute Gasteiger partial charge is 0.307 e. The molecule has 0 heterocycles. The summed E-state index contributed by atoms with van der Waals surface area (Å²) in [4.78, 5) is 11.4. The van der Waals surface area contributed by atoms with Crippen molar-refractivity contribution in [3.8, 4) is 0 Å². The third-order valence-electron chi connectivity index (χ3n) is 2.22. The molecule has 0 radical (unpaired) electrons. The molecule has 0 aromatic heterocycles. The predicted molar refractivity (Wildman–Crippen MR) is 69.3 cm³/mol. The van der Waals surface area contributed by atoms with Crippen LogP contribution in [0.3, 0.4) is 0 Å². The molecule has 1 unspecified atom stereocenters. The molecule has 94 valence electrons. The molecule has 17 heavy (non-hydrogen) atoms. The van der Waals surface area contributed by atoms with Gasteiger partial charge in [-0.15, -0.1) is 0 Å². The van der Waals surface area contributed by atoms with Crippen LogP contribution in [0.1, 0.15) is 31.4 Å². The fourth-order valence-corrected chi connectivity index (χ4v) is 1.92. The normalized spacial score (nSPS) is 12.2. The molecule has 5 heteroatoms. The van der Waals surface area contributed by atoms with E-state index in [4.69, 9.17) is 33.7 Å². The van der Waals surface area contributed by atoms with Crippen LogP contribution in [0, 0.1) is 0 Å². The summed E-state index contributed by atoms with van der Waals surface area (Å²) in [5, 5.41) is 1.01. The maximum absolute atomic E-state index is 11.4. The summed E-state index contributed by atoms with van der Waals surface area (Å²) in [6, 6.07) is 4.56. The zero-order valence-corrected chi connectivity index (χ0v) is 11.1. The lowest BCUT2D eigenvalue weighted by Gasteiger charge is -2.13. The van der Waals surface area contributed by atoms with Gasteiger partial charge < -0.3 is 10.5 Å². The van der Waals surface area contributed by atoms with Crippen molar-refractivity contribution in [2.24, 2.45) is 5.73 Å². The van der Waals surface area contributed by atoms with Gasteiger partial charge in [-0.1, -0.05) is 36.2 Å². The number of nitrogens with two attached hydrogens (primary N) is 1. The molecule has 1 rings (SSSR count). The molecule has 1 atom stereocenters. The minimum absolute atomic E-state index is 0.112. The molecule has 0 saturated carbocycles. The third kappa shape index (κ3) is 4.54. The number of hydrogen-bond donors (Lipinski definition) is 1. The Kier molecular flexibility index (Phi) is 5.75. The monoisotopic (exact) mass is 275 g/mol. The van der Waals surface area contributed by atoms with Gasteiger partial charge >= 0.3 is 5.97 Å². The first-order valence-electron chi connectivity index (χ1n) is 5.40. The molecule has 0 bridgehead atoms. The minimum Gasteiger partial charge on any atom is -0.466 e. The highest BCUT2D eigenvalue weighted by Gasteiger charge is 2.15. The molecule has 3 nitrogen and oxygen atoms in total. The van der Waals surface area contributed by atoms with Crippen LogP contribution in [0.25, 0.3) is 0 Å². The molecule has 0 saturated heterocycles. The second-order valence-electron chi connectivity index (χ2n) is 3.70. The highest BCUT2D eigenvalue weighted by molar-refractivity contribution is 6.35. The molecule has 0 aliphatic heterocycles. The van der Waals surface area contributed by atoms with Crippen LogP contribution in [0.2, 0.25) is 10.0 Å². The van der Waals surface area contributed by atoms with Crippen LogP contribution in [0.4, 0.5) is 0 Å². The van der Waals surface area contributed by atoms with Gasteiger partial charge in [0.15, 0.2) is 0 Å². The fraction of sp³-hybridized carbons (Fsp3) is 0.417. The van der Waals surface area contributed by atoms with Gasteiger partial charge in [0.25, 0.3) is 0 Å². The number of carbonyl (C=O) groups excluding carboxylic acids is 1. The lowest BCUT2D eigenvalue weighted by atomic mass is 10.0. The molecule has 1 aromatic rings. The standard InChI is InChI=1S/C12H15Cl2NO2/c1-2-5-17-12(16)7-11(15)9-4-3-8(13)6-10(9)14/h3-4,6,11H,2,5,7,15H2,1H3. The van der Waals surface area contributed by atoms with E-state index in [2.05, 4.69) is 0 Å². The summed E-state index contributed by atoms with van der Waals surface area (Å²) in [5.74, 6) is -0.314. The maximum Gasteiger partial charge on any atom is 0.307 e. The Balaban J connectivity index is 2.63. The SMILES string of the molecule is CCCOC(=O)CC(N)c1ccc(Cl)cc1Cl. The number of benzene rings is 1. The summed E-state index contributed by atoms with van der Waals surface area (Å²) in [5.41, 5.74) is 6.59. The van der Waals surface area contributed by atoms with Crippen LogP contribution in [0.15, 0.2) is 18.2 Å². The van der Waals surface area contributed by atoms with Crippen LogP contribution in [-0.2, 0) is 9.53 Å². The first-order chi connectivity index (χ1) is 8.04. The Morgan fingerprint density at radius 3 is 2.76 bits per heavy atom. The average molecular weight is 276 g/mol. The number of halogens is 2. The lowest BCUT2D eigenvalue weighted by molar-refractivity contribution is -0.144. The summed E-state index contributed by atoms with van der Waals surface area (Å²) >= 11 is 11.8. The highest BCUT2D eigenvalue weighted by atomic mass is 35.5. The van der Waals surface area contributed by atoms with Crippen molar-refractivity contribution >= 4 is 29.2 Å². The topological polar surface area (TPSA) is 52.3 Å². The first kappa shape index (κ1) is 14.3. The maximum atomic E-state index is 11.4. The Hall–Kier alpha value is -0.770. The Morgan fingerprint density at radius 2 is 2.18 bits per heavy atom. The van der Waals surface area contributed by atoms with E-state index in [1.165, 1.54) is 0 Å². The molecule has 0 aliphatic carbocycles. The van der Waals surface area contributed by atoms with Gasteiger partial charge in [-0.2, -0.15) is 0 Å². The first-order valence-corrected chi connectivity index (χ1v) is 6.16. The zero-order chi connectivity index (χ0) is 12.8. The van der Waals surface area contributed by atoms with Gasteiger partial charge in [0.1, 0.15) is 0 Å². The van der Waals surface area contributed by atoms with Crippen molar-refractivity contribution in [3.05, 3.63) is 33.8 Å². The number of rotatable bonds is 5. The van der Waals surface area contributed by atoms with Crippen molar-refractivity contribution in [1.29, 1.82) is 0 Å². The molecule has 1 aromatic carbocycles. The van der Waals surface area contributed by atoms with Gasteiger partial charge in [0.2, 0.25) is 0 Å². The average Bonchev–Trinajstić information content (AvgIpc) is 2.26. The van der Waals surface area contributed by atoms with Crippen molar-refractivity contribution in [1.82, 2.24) is 0 Å². The van der Waals surface area contributed by atoms with Gasteiger partial charge in [-0.25, -0.2) is 0 Å². The van der Waals surface area contributed by atoms with E-state index < -0.39 is 6.04 Å². The van der Waals surface area contributed by atoms with E-state index >= 15 is 0 Å². The predicted octanol–water partition coefficient (Wildman–Crippen LogP) is 3.34. The number of esters is 1. The van der Waals surface area contributed by atoms with Gasteiger partial charge in [-0.05, 0) is 24.1 Å². The van der Waals surface area contributed by atoms with Crippen LogP contribution < -0.4 is 5.73 Å². The van der Waals surface area contributed by atoms with Crippen molar-refractivity contribution in [3.63, 3.8) is 0 Å². The molecule has 0 amide bonds. The third-order valence-corrected chi connectivity index (χ3v) is 2.78. The molecular formula is C12H15Cl2NO2. The quantitative estimate of drug-likeness (QED) is 0.839. The van der Waals surface area contributed by atoms with Crippen molar-refractivity contribution in [2.45, 2.75) is 25.8 Å². The van der Waals surface area contributed by atoms with Gasteiger partial charge in [0.05, 0.1) is 13.0 Å². The summed E-state index contributed by atoms with van der Waals surface area (Å²) in [7, 11) is 0.